The zero-order valence-corrected chi connectivity index (χ0v) is 10.9. The smallest absolute Gasteiger partial charge is 0.261 e. The number of benzene rings is 1. The molecule has 0 bridgehead atoms. The molecule has 3 nitrogen and oxygen atoms in total. The lowest BCUT2D eigenvalue weighted by atomic mass is 10.1. The van der Waals surface area contributed by atoms with Gasteiger partial charge in [0.1, 0.15) is 0 Å². The number of nitrogens with one attached hydrogen (secondary N) is 1. The molecule has 1 amide bonds. The summed E-state index contributed by atoms with van der Waals surface area (Å²) < 4.78 is 1.21. The van der Waals surface area contributed by atoms with Crippen molar-refractivity contribution in [2.24, 2.45) is 5.73 Å². The Morgan fingerprint density at radius 1 is 1.39 bits per heavy atom. The van der Waals surface area contributed by atoms with E-state index in [0.29, 0.717) is 19.0 Å². The summed E-state index contributed by atoms with van der Waals surface area (Å²) in [5.74, 6) is 0.614. The molecule has 3 N–H and O–H groups in total. The second kappa shape index (κ2) is 4.71. The molecule has 1 fully saturated rings. The lowest BCUT2D eigenvalue weighted by molar-refractivity contribution is 0.0958. The fourth-order valence-corrected chi connectivity index (χ4v) is 3.48. The predicted molar refractivity (Wildman–Crippen MR) is 75.2 cm³/mol. The first kappa shape index (κ1) is 11.7. The molecule has 0 atom stereocenters. The van der Waals surface area contributed by atoms with Gasteiger partial charge in [0.2, 0.25) is 0 Å². The van der Waals surface area contributed by atoms with E-state index in [1.807, 2.05) is 12.1 Å². The van der Waals surface area contributed by atoms with E-state index in [2.05, 4.69) is 17.4 Å². The maximum absolute atomic E-state index is 12.2. The van der Waals surface area contributed by atoms with E-state index < -0.39 is 0 Å². The molecule has 0 aliphatic heterocycles. The molecular weight excluding hydrogens is 244 g/mol. The highest BCUT2D eigenvalue weighted by Crippen LogP contribution is 2.47. The van der Waals surface area contributed by atoms with Gasteiger partial charge in [-0.1, -0.05) is 18.2 Å². The van der Waals surface area contributed by atoms with Crippen LogP contribution in [0, 0.1) is 0 Å². The highest BCUT2D eigenvalue weighted by Gasteiger charge is 2.31. The van der Waals surface area contributed by atoms with Crippen LogP contribution in [0.4, 0.5) is 0 Å². The Balaban J connectivity index is 2.04. The van der Waals surface area contributed by atoms with Crippen LogP contribution in [-0.4, -0.2) is 19.0 Å². The zero-order valence-electron chi connectivity index (χ0n) is 10.1. The molecule has 0 saturated heterocycles. The molecule has 1 aromatic heterocycles. The second-order valence-electron chi connectivity index (χ2n) is 4.66. The fourth-order valence-electron chi connectivity index (χ4n) is 2.28. The van der Waals surface area contributed by atoms with Crippen molar-refractivity contribution in [3.05, 3.63) is 34.7 Å². The van der Waals surface area contributed by atoms with E-state index in [4.69, 9.17) is 5.73 Å². The molecule has 1 saturated carbocycles. The van der Waals surface area contributed by atoms with Crippen LogP contribution in [0.5, 0.6) is 0 Å². The summed E-state index contributed by atoms with van der Waals surface area (Å²) in [6.07, 6.45) is 2.41. The minimum atomic E-state index is 0.0311. The van der Waals surface area contributed by atoms with Gasteiger partial charge >= 0.3 is 0 Å². The van der Waals surface area contributed by atoms with E-state index in [9.17, 15) is 4.79 Å². The molecule has 1 aliphatic rings. The van der Waals surface area contributed by atoms with E-state index in [-0.39, 0.29) is 5.91 Å². The number of nitrogens with two attached hydrogens (primary N) is 1. The number of carbonyl (C=O) groups is 1. The van der Waals surface area contributed by atoms with Gasteiger partial charge in [0.05, 0.1) is 4.88 Å². The van der Waals surface area contributed by atoms with Gasteiger partial charge < -0.3 is 11.1 Å². The number of rotatable bonds is 4. The van der Waals surface area contributed by atoms with Crippen LogP contribution in [0.25, 0.3) is 10.1 Å². The lowest BCUT2D eigenvalue weighted by Gasteiger charge is -2.04. The van der Waals surface area contributed by atoms with E-state index in [1.165, 1.54) is 28.5 Å². The van der Waals surface area contributed by atoms with Gasteiger partial charge in [-0.05, 0) is 35.8 Å². The van der Waals surface area contributed by atoms with Gasteiger partial charge in [0, 0.05) is 17.8 Å². The van der Waals surface area contributed by atoms with Gasteiger partial charge in [-0.3, -0.25) is 4.79 Å². The molecule has 3 rings (SSSR count). The normalized spacial score (nSPS) is 14.9. The van der Waals surface area contributed by atoms with Crippen LogP contribution in [0.15, 0.2) is 24.3 Å². The third-order valence-electron chi connectivity index (χ3n) is 3.26. The molecule has 1 aromatic carbocycles. The van der Waals surface area contributed by atoms with Crippen molar-refractivity contribution in [2.45, 2.75) is 18.8 Å². The lowest BCUT2D eigenvalue weighted by Crippen LogP contribution is -2.28. The van der Waals surface area contributed by atoms with Crippen LogP contribution < -0.4 is 11.1 Å². The maximum atomic E-state index is 12.2. The number of hydrogen-bond acceptors (Lipinski definition) is 3. The SMILES string of the molecule is NCCNC(=O)c1sc2ccccc2c1C1CC1. The summed E-state index contributed by atoms with van der Waals surface area (Å²) in [6.45, 7) is 1.02. The third kappa shape index (κ3) is 2.02. The van der Waals surface area contributed by atoms with Gasteiger partial charge in [0.15, 0.2) is 0 Å². The molecule has 18 heavy (non-hydrogen) atoms. The molecule has 1 heterocycles. The maximum Gasteiger partial charge on any atom is 0.261 e. The monoisotopic (exact) mass is 260 g/mol. The minimum absolute atomic E-state index is 0.0311. The van der Waals surface area contributed by atoms with Crippen LogP contribution in [-0.2, 0) is 0 Å². The van der Waals surface area contributed by atoms with E-state index in [0.717, 1.165) is 4.88 Å². The van der Waals surface area contributed by atoms with Crippen LogP contribution in [0.3, 0.4) is 0 Å². The Labute approximate surface area is 110 Å². The molecule has 94 valence electrons. The molecular formula is C14H16N2OS. The third-order valence-corrected chi connectivity index (χ3v) is 4.44. The van der Waals surface area contributed by atoms with Crippen molar-refractivity contribution in [3.63, 3.8) is 0 Å². The quantitative estimate of drug-likeness (QED) is 0.887. The van der Waals surface area contributed by atoms with Gasteiger partial charge in [-0.15, -0.1) is 11.3 Å². The number of amides is 1. The Hall–Kier alpha value is -1.39. The summed E-state index contributed by atoms with van der Waals surface area (Å²) in [5.41, 5.74) is 6.68. The molecule has 0 spiro atoms. The summed E-state index contributed by atoms with van der Waals surface area (Å²) >= 11 is 1.60. The van der Waals surface area contributed by atoms with Crippen LogP contribution in [0.2, 0.25) is 0 Å². The first-order valence-electron chi connectivity index (χ1n) is 6.31. The Bertz CT molecular complexity index is 586. The zero-order chi connectivity index (χ0) is 12.5. The number of carbonyl (C=O) groups excluding carboxylic acids is 1. The predicted octanol–water partition coefficient (Wildman–Crippen LogP) is 2.47. The van der Waals surface area contributed by atoms with Crippen molar-refractivity contribution < 1.29 is 4.79 Å². The van der Waals surface area contributed by atoms with Crippen molar-refractivity contribution in [1.29, 1.82) is 0 Å². The molecule has 2 aromatic rings. The van der Waals surface area contributed by atoms with Crippen LogP contribution >= 0.6 is 11.3 Å². The average molecular weight is 260 g/mol. The number of thiophene rings is 1. The Morgan fingerprint density at radius 3 is 2.89 bits per heavy atom. The second-order valence-corrected chi connectivity index (χ2v) is 5.71. The van der Waals surface area contributed by atoms with Gasteiger partial charge in [-0.2, -0.15) is 0 Å². The van der Waals surface area contributed by atoms with Crippen LogP contribution in [0.1, 0.15) is 34.0 Å². The molecule has 4 heteroatoms. The summed E-state index contributed by atoms with van der Waals surface area (Å²) in [4.78, 5) is 13.1. The molecule has 1 aliphatic carbocycles. The van der Waals surface area contributed by atoms with Crippen molar-refractivity contribution >= 4 is 27.3 Å². The highest BCUT2D eigenvalue weighted by atomic mass is 32.1. The number of hydrogen-bond donors (Lipinski definition) is 2. The fraction of sp³-hybridized carbons (Fsp3) is 0.357. The highest BCUT2D eigenvalue weighted by molar-refractivity contribution is 7.21. The topological polar surface area (TPSA) is 55.1 Å². The van der Waals surface area contributed by atoms with Crippen molar-refractivity contribution in [1.82, 2.24) is 5.32 Å². The van der Waals surface area contributed by atoms with Crippen molar-refractivity contribution in [3.8, 4) is 0 Å². The first-order chi connectivity index (χ1) is 8.81. The van der Waals surface area contributed by atoms with Gasteiger partial charge in [0.25, 0.3) is 5.91 Å². The average Bonchev–Trinajstić information content (AvgIpc) is 3.15. The molecule has 0 unspecified atom stereocenters. The summed E-state index contributed by atoms with van der Waals surface area (Å²) in [7, 11) is 0. The largest absolute Gasteiger partial charge is 0.350 e. The first-order valence-corrected chi connectivity index (χ1v) is 7.12. The number of fused-ring (bicyclic) bond motifs is 1. The summed E-state index contributed by atoms with van der Waals surface area (Å²) in [5, 5.41) is 4.13. The van der Waals surface area contributed by atoms with E-state index in [1.54, 1.807) is 11.3 Å². The van der Waals surface area contributed by atoms with E-state index >= 15 is 0 Å². The Kier molecular flexibility index (Phi) is 3.06. The van der Waals surface area contributed by atoms with Crippen molar-refractivity contribution in [2.75, 3.05) is 13.1 Å². The standard InChI is InChI=1S/C14H16N2OS/c15-7-8-16-14(17)13-12(9-5-6-9)10-3-1-2-4-11(10)18-13/h1-4,9H,5-8,15H2,(H,16,17). The van der Waals surface area contributed by atoms with Gasteiger partial charge in [-0.25, -0.2) is 0 Å². The molecule has 0 radical (unpaired) electrons. The summed E-state index contributed by atoms with van der Waals surface area (Å²) in [6, 6.07) is 8.28. The Morgan fingerprint density at radius 2 is 2.17 bits per heavy atom. The minimum Gasteiger partial charge on any atom is -0.350 e.